The van der Waals surface area contributed by atoms with E-state index in [1.807, 2.05) is 30.3 Å². The second-order valence-electron chi connectivity index (χ2n) is 3.86. The number of carbonyl (C=O) groups is 1. The van der Waals surface area contributed by atoms with Crippen LogP contribution < -0.4 is 10.9 Å². The molecular weight excluding hydrogens is 280 g/mol. The van der Waals surface area contributed by atoms with Gasteiger partial charge in [0.25, 0.3) is 5.56 Å². The first-order valence-electron chi connectivity index (χ1n) is 5.77. The highest BCUT2D eigenvalue weighted by atomic mass is 32.1. The van der Waals surface area contributed by atoms with Crippen molar-refractivity contribution in [3.8, 4) is 0 Å². The van der Waals surface area contributed by atoms with Crippen LogP contribution in [0, 0.1) is 4.77 Å². The number of hydrogen-bond donors (Lipinski definition) is 3. The molecule has 0 aliphatic rings. The molecule has 1 heterocycles. The van der Waals surface area contributed by atoms with E-state index in [1.54, 1.807) is 0 Å². The lowest BCUT2D eigenvalue weighted by Gasteiger charge is -2.06. The highest BCUT2D eigenvalue weighted by Gasteiger charge is 2.06. The number of aromatic amines is 2. The Morgan fingerprint density at radius 3 is 2.80 bits per heavy atom. The Bertz CT molecular complexity index is 696. The summed E-state index contributed by atoms with van der Waals surface area (Å²) < 4.78 is 5.16. The molecule has 3 N–H and O–H groups in total. The van der Waals surface area contributed by atoms with E-state index in [0.717, 1.165) is 5.56 Å². The molecule has 0 fully saturated rings. The van der Waals surface area contributed by atoms with Gasteiger partial charge >= 0.3 is 5.97 Å². The molecule has 7 nitrogen and oxygen atoms in total. The maximum absolute atomic E-state index is 11.5. The fraction of sp³-hybridized carbons (Fsp3) is 0.167. The third-order valence-corrected chi connectivity index (χ3v) is 2.55. The lowest BCUT2D eigenvalue weighted by Crippen LogP contribution is -2.23. The Labute approximate surface area is 119 Å². The predicted octanol–water partition coefficient (Wildman–Crippen LogP) is 0.983. The maximum Gasteiger partial charge on any atom is 0.325 e. The number of ether oxygens (including phenoxy) is 1. The number of hydrogen-bond acceptors (Lipinski definition) is 6. The molecule has 0 aliphatic carbocycles. The van der Waals surface area contributed by atoms with Crippen LogP contribution in [0.4, 0.5) is 5.82 Å². The molecule has 0 saturated heterocycles. The van der Waals surface area contributed by atoms with Gasteiger partial charge in [-0.1, -0.05) is 30.3 Å². The van der Waals surface area contributed by atoms with Gasteiger partial charge in [0.05, 0.1) is 0 Å². The molecule has 0 spiro atoms. The van der Waals surface area contributed by atoms with Crippen molar-refractivity contribution in [1.82, 2.24) is 15.2 Å². The average molecular weight is 292 g/mol. The van der Waals surface area contributed by atoms with E-state index in [1.165, 1.54) is 0 Å². The molecule has 2 rings (SSSR count). The van der Waals surface area contributed by atoms with Crippen molar-refractivity contribution in [3.63, 3.8) is 0 Å². The van der Waals surface area contributed by atoms with Crippen molar-refractivity contribution < 1.29 is 9.53 Å². The van der Waals surface area contributed by atoms with Gasteiger partial charge in [0, 0.05) is 0 Å². The first kappa shape index (κ1) is 13.9. The van der Waals surface area contributed by atoms with Crippen LogP contribution in [0.15, 0.2) is 35.1 Å². The number of H-pyrrole nitrogens is 2. The van der Waals surface area contributed by atoms with Crippen molar-refractivity contribution in [2.24, 2.45) is 0 Å². The van der Waals surface area contributed by atoms with Gasteiger partial charge in [-0.2, -0.15) is 0 Å². The third-order valence-electron chi connectivity index (χ3n) is 2.35. The van der Waals surface area contributed by atoms with Gasteiger partial charge in [0.2, 0.25) is 5.82 Å². The van der Waals surface area contributed by atoms with E-state index < -0.39 is 11.5 Å². The van der Waals surface area contributed by atoms with E-state index in [4.69, 9.17) is 17.0 Å². The van der Waals surface area contributed by atoms with E-state index >= 15 is 0 Å². The highest BCUT2D eigenvalue weighted by molar-refractivity contribution is 7.71. The average Bonchev–Trinajstić information content (AvgIpc) is 2.45. The number of rotatable bonds is 5. The zero-order chi connectivity index (χ0) is 14.4. The highest BCUT2D eigenvalue weighted by Crippen LogP contribution is 2.00. The van der Waals surface area contributed by atoms with Crippen molar-refractivity contribution in [3.05, 3.63) is 51.0 Å². The lowest BCUT2D eigenvalue weighted by atomic mass is 10.2. The summed E-state index contributed by atoms with van der Waals surface area (Å²) in [5, 5.41) is 8.66. The quantitative estimate of drug-likeness (QED) is 0.561. The summed E-state index contributed by atoms with van der Waals surface area (Å²) in [7, 11) is 0. The van der Waals surface area contributed by atoms with Crippen LogP contribution in [-0.2, 0) is 16.1 Å². The van der Waals surface area contributed by atoms with Gasteiger partial charge in [-0.15, -0.1) is 5.10 Å². The van der Waals surface area contributed by atoms with Gasteiger partial charge in [0.1, 0.15) is 13.2 Å². The Morgan fingerprint density at radius 2 is 2.10 bits per heavy atom. The molecular formula is C12H12N4O3S. The number of anilines is 1. The Balaban J connectivity index is 1.83. The summed E-state index contributed by atoms with van der Waals surface area (Å²) in [6.45, 7) is 0.0237. The molecule has 0 radical (unpaired) electrons. The monoisotopic (exact) mass is 292 g/mol. The number of nitrogens with zero attached hydrogens (tertiary/aromatic N) is 1. The van der Waals surface area contributed by atoms with E-state index in [-0.39, 0.29) is 23.7 Å². The van der Waals surface area contributed by atoms with E-state index in [2.05, 4.69) is 20.5 Å². The first-order chi connectivity index (χ1) is 9.65. The number of carbonyl (C=O) groups excluding carboxylic acids is 1. The summed E-state index contributed by atoms with van der Waals surface area (Å²) in [6, 6.07) is 9.30. The summed E-state index contributed by atoms with van der Waals surface area (Å²) >= 11 is 4.70. The van der Waals surface area contributed by atoms with Crippen molar-refractivity contribution in [2.75, 3.05) is 11.9 Å². The van der Waals surface area contributed by atoms with Crippen molar-refractivity contribution >= 4 is 24.0 Å². The van der Waals surface area contributed by atoms with Gasteiger partial charge in [0.15, 0.2) is 4.77 Å². The SMILES string of the molecule is O=C(CNc1n[nH]c(=S)[nH]c1=O)OCc1ccccc1. The molecule has 0 bridgehead atoms. The van der Waals surface area contributed by atoms with Crippen LogP contribution in [0.2, 0.25) is 0 Å². The van der Waals surface area contributed by atoms with Crippen molar-refractivity contribution in [1.29, 1.82) is 0 Å². The fourth-order valence-corrected chi connectivity index (χ4v) is 1.55. The number of nitrogens with one attached hydrogen (secondary N) is 3. The Morgan fingerprint density at radius 1 is 1.35 bits per heavy atom. The van der Waals surface area contributed by atoms with Crippen LogP contribution in [0.1, 0.15) is 5.56 Å². The minimum atomic E-state index is -0.496. The zero-order valence-corrected chi connectivity index (χ0v) is 11.2. The molecule has 104 valence electrons. The molecule has 0 saturated carbocycles. The fourth-order valence-electron chi connectivity index (χ4n) is 1.41. The minimum absolute atomic E-state index is 0.0183. The van der Waals surface area contributed by atoms with E-state index in [0.29, 0.717) is 0 Å². The van der Waals surface area contributed by atoms with Crippen LogP contribution in [0.25, 0.3) is 0 Å². The van der Waals surface area contributed by atoms with Gasteiger partial charge in [-0.05, 0) is 17.8 Å². The molecule has 1 aromatic heterocycles. The van der Waals surface area contributed by atoms with Crippen LogP contribution in [0.5, 0.6) is 0 Å². The van der Waals surface area contributed by atoms with Gasteiger partial charge in [-0.25, -0.2) is 0 Å². The molecule has 8 heteroatoms. The maximum atomic E-state index is 11.5. The van der Waals surface area contributed by atoms with Crippen LogP contribution >= 0.6 is 12.2 Å². The smallest absolute Gasteiger partial charge is 0.325 e. The summed E-state index contributed by atoms with van der Waals surface area (Å²) in [5.41, 5.74) is 0.394. The van der Waals surface area contributed by atoms with Gasteiger partial charge in [-0.3, -0.25) is 19.7 Å². The number of esters is 1. The standard InChI is InChI=1S/C12H12N4O3S/c17-9(19-7-8-4-2-1-3-5-8)6-13-10-11(18)14-12(20)16-15-10/h1-5H,6-7H2,(H,13,15)(H2,14,16,18,20). The number of benzene rings is 1. The molecule has 0 aliphatic heterocycles. The summed E-state index contributed by atoms with van der Waals surface area (Å²) in [5.74, 6) is -0.507. The molecule has 2 aromatic rings. The normalized spacial score (nSPS) is 10.0. The molecule has 1 aromatic carbocycles. The van der Waals surface area contributed by atoms with Crippen LogP contribution in [0.3, 0.4) is 0 Å². The van der Waals surface area contributed by atoms with Crippen LogP contribution in [-0.4, -0.2) is 27.7 Å². The molecule has 0 unspecified atom stereocenters. The largest absolute Gasteiger partial charge is 0.460 e. The Hall–Kier alpha value is -2.48. The third kappa shape index (κ3) is 4.02. The minimum Gasteiger partial charge on any atom is -0.460 e. The topological polar surface area (TPSA) is 99.9 Å². The zero-order valence-electron chi connectivity index (χ0n) is 10.4. The summed E-state index contributed by atoms with van der Waals surface area (Å²) in [4.78, 5) is 25.3. The van der Waals surface area contributed by atoms with Gasteiger partial charge < -0.3 is 10.1 Å². The number of aromatic nitrogens is 3. The summed E-state index contributed by atoms with van der Waals surface area (Å²) in [6.07, 6.45) is 0. The Kier molecular flexibility index (Phi) is 4.61. The van der Waals surface area contributed by atoms with Crippen molar-refractivity contribution in [2.45, 2.75) is 6.61 Å². The molecule has 20 heavy (non-hydrogen) atoms. The second-order valence-corrected chi connectivity index (χ2v) is 4.26. The van der Waals surface area contributed by atoms with E-state index in [9.17, 15) is 9.59 Å². The predicted molar refractivity (Wildman–Crippen MR) is 74.8 cm³/mol. The molecule has 0 atom stereocenters. The lowest BCUT2D eigenvalue weighted by molar-refractivity contribution is -0.142. The first-order valence-corrected chi connectivity index (χ1v) is 6.18. The molecule has 0 amide bonds. The second kappa shape index (κ2) is 6.62.